The monoisotopic (exact) mass is 302 g/mol. The average Bonchev–Trinajstić information content (AvgIpc) is 3.33. The molecule has 0 aromatic heterocycles. The summed E-state index contributed by atoms with van der Waals surface area (Å²) in [6.07, 6.45) is 9.26. The van der Waals surface area contributed by atoms with Crippen molar-refractivity contribution in [1.29, 1.82) is 0 Å². The number of carbonyl (C=O) groups excluding carboxylic acids is 1. The summed E-state index contributed by atoms with van der Waals surface area (Å²) in [4.78, 5) is 15.8. The first-order chi connectivity index (χ1) is 10.2. The van der Waals surface area contributed by atoms with Crippen molar-refractivity contribution >= 4 is 23.4 Å². The molecule has 0 aliphatic heterocycles. The SMILES string of the molecule is Nc1ccc(SCC(=O)N(C2=CCCCC2)C2CC2)cc1. The molecule has 3 nitrogen and oxygen atoms in total. The smallest absolute Gasteiger partial charge is 0.237 e. The summed E-state index contributed by atoms with van der Waals surface area (Å²) in [6, 6.07) is 8.20. The fourth-order valence-corrected chi connectivity index (χ4v) is 3.51. The van der Waals surface area contributed by atoms with E-state index in [2.05, 4.69) is 11.0 Å². The van der Waals surface area contributed by atoms with E-state index in [0.29, 0.717) is 11.8 Å². The molecule has 2 aliphatic rings. The van der Waals surface area contributed by atoms with Gasteiger partial charge in [0.1, 0.15) is 0 Å². The Morgan fingerprint density at radius 3 is 2.62 bits per heavy atom. The van der Waals surface area contributed by atoms with Gasteiger partial charge in [0.15, 0.2) is 0 Å². The van der Waals surface area contributed by atoms with Crippen LogP contribution in [0, 0.1) is 0 Å². The number of hydrogen-bond donors (Lipinski definition) is 1. The van der Waals surface area contributed by atoms with Gasteiger partial charge in [0.2, 0.25) is 5.91 Å². The molecule has 4 heteroatoms. The van der Waals surface area contributed by atoms with Gasteiger partial charge in [-0.2, -0.15) is 0 Å². The number of benzene rings is 1. The first kappa shape index (κ1) is 14.5. The molecular weight excluding hydrogens is 280 g/mol. The molecule has 1 aromatic carbocycles. The Hall–Kier alpha value is -1.42. The molecule has 0 spiro atoms. The molecule has 0 heterocycles. The van der Waals surface area contributed by atoms with E-state index >= 15 is 0 Å². The maximum absolute atomic E-state index is 12.6. The topological polar surface area (TPSA) is 46.3 Å². The Balaban J connectivity index is 1.62. The highest BCUT2D eigenvalue weighted by Gasteiger charge is 2.34. The standard InChI is InChI=1S/C17H22N2OS/c18-13-6-10-16(11-7-13)21-12-17(20)19(15-8-9-15)14-4-2-1-3-5-14/h4,6-7,10-11,15H,1-3,5,8-9,12,18H2. The number of nitrogen functional groups attached to an aromatic ring is 1. The lowest BCUT2D eigenvalue weighted by Gasteiger charge is -2.27. The van der Waals surface area contributed by atoms with E-state index in [0.717, 1.165) is 36.3 Å². The van der Waals surface area contributed by atoms with Crippen LogP contribution in [-0.2, 0) is 4.79 Å². The van der Waals surface area contributed by atoms with Gasteiger partial charge in [0.05, 0.1) is 5.75 Å². The summed E-state index contributed by atoms with van der Waals surface area (Å²) in [5.41, 5.74) is 7.72. The molecule has 1 fully saturated rings. The number of rotatable bonds is 5. The summed E-state index contributed by atoms with van der Waals surface area (Å²) < 4.78 is 0. The Morgan fingerprint density at radius 2 is 2.00 bits per heavy atom. The van der Waals surface area contributed by atoms with Gasteiger partial charge in [-0.05, 0) is 62.8 Å². The van der Waals surface area contributed by atoms with Crippen molar-refractivity contribution in [3.05, 3.63) is 36.0 Å². The van der Waals surface area contributed by atoms with Crippen LogP contribution in [0.3, 0.4) is 0 Å². The van der Waals surface area contributed by atoms with Gasteiger partial charge in [-0.3, -0.25) is 4.79 Å². The Morgan fingerprint density at radius 1 is 1.24 bits per heavy atom. The zero-order valence-corrected chi connectivity index (χ0v) is 13.1. The highest BCUT2D eigenvalue weighted by atomic mass is 32.2. The van der Waals surface area contributed by atoms with E-state index in [1.54, 1.807) is 11.8 Å². The van der Waals surface area contributed by atoms with E-state index in [1.165, 1.54) is 18.5 Å². The van der Waals surface area contributed by atoms with Gasteiger partial charge in [0, 0.05) is 22.3 Å². The quantitative estimate of drug-likeness (QED) is 0.664. The maximum Gasteiger partial charge on any atom is 0.237 e. The lowest BCUT2D eigenvalue weighted by Crippen LogP contribution is -2.34. The predicted octanol–water partition coefficient (Wildman–Crippen LogP) is 3.81. The van der Waals surface area contributed by atoms with Crippen LogP contribution < -0.4 is 5.73 Å². The summed E-state index contributed by atoms with van der Waals surface area (Å²) in [6.45, 7) is 0. The molecule has 21 heavy (non-hydrogen) atoms. The average molecular weight is 302 g/mol. The molecule has 0 bridgehead atoms. The van der Waals surface area contributed by atoms with Crippen molar-refractivity contribution < 1.29 is 4.79 Å². The summed E-state index contributed by atoms with van der Waals surface area (Å²) >= 11 is 1.60. The molecule has 0 radical (unpaired) electrons. The number of anilines is 1. The van der Waals surface area contributed by atoms with E-state index in [-0.39, 0.29) is 5.91 Å². The predicted molar refractivity (Wildman–Crippen MR) is 88.0 cm³/mol. The Labute approximate surface area is 130 Å². The van der Waals surface area contributed by atoms with Crippen LogP contribution in [0.2, 0.25) is 0 Å². The van der Waals surface area contributed by atoms with E-state index in [4.69, 9.17) is 5.73 Å². The first-order valence-electron chi connectivity index (χ1n) is 7.73. The molecule has 1 amide bonds. The molecule has 0 unspecified atom stereocenters. The number of amides is 1. The fraction of sp³-hybridized carbons (Fsp3) is 0.471. The largest absolute Gasteiger partial charge is 0.399 e. The number of nitrogens with two attached hydrogens (primary N) is 1. The fourth-order valence-electron chi connectivity index (χ4n) is 2.75. The lowest BCUT2D eigenvalue weighted by molar-refractivity contribution is -0.127. The third-order valence-corrected chi connectivity index (χ3v) is 5.00. The van der Waals surface area contributed by atoms with Gasteiger partial charge >= 0.3 is 0 Å². The normalized spacial score (nSPS) is 18.2. The first-order valence-corrected chi connectivity index (χ1v) is 8.72. The number of thioether (sulfide) groups is 1. The second-order valence-electron chi connectivity index (χ2n) is 5.79. The molecule has 112 valence electrons. The molecule has 3 rings (SSSR count). The van der Waals surface area contributed by atoms with Crippen molar-refractivity contribution in [2.75, 3.05) is 11.5 Å². The van der Waals surface area contributed by atoms with Crippen LogP contribution >= 0.6 is 11.8 Å². The van der Waals surface area contributed by atoms with E-state index in [9.17, 15) is 4.79 Å². The summed E-state index contributed by atoms with van der Waals surface area (Å²) in [5, 5.41) is 0. The van der Waals surface area contributed by atoms with Crippen LogP contribution in [0.4, 0.5) is 5.69 Å². The molecule has 1 aromatic rings. The Kier molecular flexibility index (Phi) is 4.54. The van der Waals surface area contributed by atoms with Crippen molar-refractivity contribution in [2.45, 2.75) is 49.5 Å². The molecular formula is C17H22N2OS. The molecule has 2 aliphatic carbocycles. The highest BCUT2D eigenvalue weighted by Crippen LogP contribution is 2.34. The van der Waals surface area contributed by atoms with Gasteiger partial charge in [0.25, 0.3) is 0 Å². The molecule has 0 atom stereocenters. The van der Waals surface area contributed by atoms with E-state index < -0.39 is 0 Å². The summed E-state index contributed by atoms with van der Waals surface area (Å²) in [5.74, 6) is 0.769. The lowest BCUT2D eigenvalue weighted by atomic mass is 10.0. The van der Waals surface area contributed by atoms with Crippen molar-refractivity contribution in [1.82, 2.24) is 4.90 Å². The van der Waals surface area contributed by atoms with Crippen LogP contribution in [-0.4, -0.2) is 22.6 Å². The minimum absolute atomic E-state index is 0.257. The van der Waals surface area contributed by atoms with Gasteiger partial charge < -0.3 is 10.6 Å². The van der Waals surface area contributed by atoms with Crippen LogP contribution in [0.15, 0.2) is 40.9 Å². The van der Waals surface area contributed by atoms with Crippen molar-refractivity contribution in [3.8, 4) is 0 Å². The minimum Gasteiger partial charge on any atom is -0.399 e. The second-order valence-corrected chi connectivity index (χ2v) is 6.84. The van der Waals surface area contributed by atoms with Gasteiger partial charge in [-0.25, -0.2) is 0 Å². The molecule has 0 saturated heterocycles. The third-order valence-electron chi connectivity index (χ3n) is 4.00. The molecule has 1 saturated carbocycles. The zero-order valence-electron chi connectivity index (χ0n) is 12.3. The second kappa shape index (κ2) is 6.56. The Bertz CT molecular complexity index is 534. The van der Waals surface area contributed by atoms with Crippen molar-refractivity contribution in [2.24, 2.45) is 0 Å². The van der Waals surface area contributed by atoms with E-state index in [1.807, 2.05) is 24.3 Å². The third kappa shape index (κ3) is 3.82. The summed E-state index contributed by atoms with van der Waals surface area (Å²) in [7, 11) is 0. The maximum atomic E-state index is 12.6. The van der Waals surface area contributed by atoms with Gasteiger partial charge in [-0.1, -0.05) is 6.08 Å². The van der Waals surface area contributed by atoms with Crippen molar-refractivity contribution in [3.63, 3.8) is 0 Å². The zero-order chi connectivity index (χ0) is 14.7. The highest BCUT2D eigenvalue weighted by molar-refractivity contribution is 8.00. The number of carbonyl (C=O) groups is 1. The van der Waals surface area contributed by atoms with Crippen LogP contribution in [0.1, 0.15) is 38.5 Å². The molecule has 2 N–H and O–H groups in total. The van der Waals surface area contributed by atoms with Gasteiger partial charge in [-0.15, -0.1) is 11.8 Å². The van der Waals surface area contributed by atoms with Crippen LogP contribution in [0.5, 0.6) is 0 Å². The number of allylic oxidation sites excluding steroid dienone is 2. The minimum atomic E-state index is 0.257. The number of hydrogen-bond acceptors (Lipinski definition) is 3. The van der Waals surface area contributed by atoms with Crippen LogP contribution in [0.25, 0.3) is 0 Å². The number of nitrogens with zero attached hydrogens (tertiary/aromatic N) is 1.